The second kappa shape index (κ2) is 6.80. The summed E-state index contributed by atoms with van der Waals surface area (Å²) in [6.45, 7) is 5.38. The zero-order valence-corrected chi connectivity index (χ0v) is 15.5. The summed E-state index contributed by atoms with van der Waals surface area (Å²) >= 11 is 0. The zero-order valence-electron chi connectivity index (χ0n) is 15.5. The van der Waals surface area contributed by atoms with Gasteiger partial charge in [-0.05, 0) is 55.3 Å². The molecule has 1 amide bonds. The number of primary amides is 1. The Morgan fingerprint density at radius 3 is 2.63 bits per heavy atom. The summed E-state index contributed by atoms with van der Waals surface area (Å²) in [5.74, 6) is 0.461. The Morgan fingerprint density at radius 1 is 1.04 bits per heavy atom. The van der Waals surface area contributed by atoms with Gasteiger partial charge in [-0.1, -0.05) is 30.3 Å². The highest BCUT2D eigenvalue weighted by atomic mass is 16.5. The van der Waals surface area contributed by atoms with E-state index in [1.807, 2.05) is 31.2 Å². The third-order valence-electron chi connectivity index (χ3n) is 4.86. The predicted octanol–water partition coefficient (Wildman–Crippen LogP) is 4.65. The lowest BCUT2D eigenvalue weighted by Crippen LogP contribution is -2.11. The smallest absolute Gasteiger partial charge is 0.249 e. The largest absolute Gasteiger partial charge is 0.494 e. The normalized spacial score (nSPS) is 11.2. The van der Waals surface area contributed by atoms with Crippen LogP contribution in [0.3, 0.4) is 0 Å². The number of fused-ring (bicyclic) bond motifs is 3. The third-order valence-corrected chi connectivity index (χ3v) is 4.86. The van der Waals surface area contributed by atoms with Crippen molar-refractivity contribution in [3.05, 3.63) is 77.4 Å². The molecular weight excluding hydrogens is 336 g/mol. The molecule has 1 aromatic heterocycles. The SMILES string of the molecule is CCOc1cccc(Cn2c3cc(C)ccc3c3c(C(N)=O)cccc32)c1. The van der Waals surface area contributed by atoms with Gasteiger partial charge in [0.15, 0.2) is 0 Å². The molecule has 0 bridgehead atoms. The van der Waals surface area contributed by atoms with Crippen molar-refractivity contribution in [2.45, 2.75) is 20.4 Å². The number of ether oxygens (including phenoxy) is 1. The van der Waals surface area contributed by atoms with Gasteiger partial charge >= 0.3 is 0 Å². The van der Waals surface area contributed by atoms with Crippen LogP contribution in [0.25, 0.3) is 21.8 Å². The Hall–Kier alpha value is -3.27. The van der Waals surface area contributed by atoms with Gasteiger partial charge in [0, 0.05) is 28.4 Å². The topological polar surface area (TPSA) is 57.2 Å². The highest BCUT2D eigenvalue weighted by molar-refractivity contribution is 6.17. The molecule has 0 fully saturated rings. The Morgan fingerprint density at radius 2 is 1.85 bits per heavy atom. The van der Waals surface area contributed by atoms with Crippen molar-refractivity contribution in [1.82, 2.24) is 4.57 Å². The number of aryl methyl sites for hydroxylation is 1. The molecule has 136 valence electrons. The first-order valence-corrected chi connectivity index (χ1v) is 9.11. The van der Waals surface area contributed by atoms with E-state index in [2.05, 4.69) is 41.8 Å². The molecule has 4 rings (SSSR count). The van der Waals surface area contributed by atoms with Crippen molar-refractivity contribution < 1.29 is 9.53 Å². The molecule has 3 aromatic carbocycles. The first kappa shape index (κ1) is 17.2. The molecule has 1 heterocycles. The molecule has 0 aliphatic rings. The lowest BCUT2D eigenvalue weighted by molar-refractivity contribution is 0.100. The van der Waals surface area contributed by atoms with Crippen LogP contribution in [0.5, 0.6) is 5.75 Å². The average Bonchev–Trinajstić information content (AvgIpc) is 2.95. The quantitative estimate of drug-likeness (QED) is 0.564. The summed E-state index contributed by atoms with van der Waals surface area (Å²) in [7, 11) is 0. The lowest BCUT2D eigenvalue weighted by atomic mass is 10.1. The van der Waals surface area contributed by atoms with E-state index >= 15 is 0 Å². The van der Waals surface area contributed by atoms with Gasteiger partial charge in [0.2, 0.25) is 5.91 Å². The monoisotopic (exact) mass is 358 g/mol. The Kier molecular flexibility index (Phi) is 4.32. The number of carbonyl (C=O) groups is 1. The van der Waals surface area contributed by atoms with E-state index < -0.39 is 5.91 Å². The molecule has 0 unspecified atom stereocenters. The minimum absolute atomic E-state index is 0.404. The molecule has 4 aromatic rings. The summed E-state index contributed by atoms with van der Waals surface area (Å²) in [5, 5.41) is 1.96. The summed E-state index contributed by atoms with van der Waals surface area (Å²) in [5.41, 5.74) is 10.6. The van der Waals surface area contributed by atoms with Gasteiger partial charge in [0.25, 0.3) is 0 Å². The second-order valence-corrected chi connectivity index (χ2v) is 6.75. The minimum Gasteiger partial charge on any atom is -0.494 e. The first-order valence-electron chi connectivity index (χ1n) is 9.11. The van der Waals surface area contributed by atoms with Gasteiger partial charge in [-0.2, -0.15) is 0 Å². The van der Waals surface area contributed by atoms with Gasteiger partial charge in [0.1, 0.15) is 5.75 Å². The molecular formula is C23H22N2O2. The molecule has 2 N–H and O–H groups in total. The summed E-state index contributed by atoms with van der Waals surface area (Å²) < 4.78 is 7.89. The fraction of sp³-hybridized carbons (Fsp3) is 0.174. The standard InChI is InChI=1S/C23H22N2O2/c1-3-27-17-7-4-6-16(13-17)14-25-20-9-5-8-19(23(24)26)22(20)18-11-10-15(2)12-21(18)25/h4-13H,3,14H2,1-2H3,(H2,24,26). The molecule has 0 spiro atoms. The molecule has 4 heteroatoms. The second-order valence-electron chi connectivity index (χ2n) is 6.75. The number of aromatic nitrogens is 1. The van der Waals surface area contributed by atoms with Crippen molar-refractivity contribution in [3.8, 4) is 5.75 Å². The van der Waals surface area contributed by atoms with Crippen LogP contribution in [-0.4, -0.2) is 17.1 Å². The number of carbonyl (C=O) groups excluding carboxylic acids is 1. The predicted molar refractivity (Wildman–Crippen MR) is 109 cm³/mol. The molecule has 27 heavy (non-hydrogen) atoms. The summed E-state index contributed by atoms with van der Waals surface area (Å²) in [4.78, 5) is 12.0. The highest BCUT2D eigenvalue weighted by Crippen LogP contribution is 2.33. The molecule has 0 saturated heterocycles. The maximum absolute atomic E-state index is 12.0. The number of nitrogens with zero attached hydrogens (tertiary/aromatic N) is 1. The van der Waals surface area contributed by atoms with Crippen LogP contribution < -0.4 is 10.5 Å². The summed E-state index contributed by atoms with van der Waals surface area (Å²) in [6, 6.07) is 20.2. The number of hydrogen-bond donors (Lipinski definition) is 1. The molecule has 0 aliphatic heterocycles. The van der Waals surface area contributed by atoms with Crippen LogP contribution in [0.1, 0.15) is 28.4 Å². The Bertz CT molecular complexity index is 1160. The van der Waals surface area contributed by atoms with Crippen LogP contribution in [0.2, 0.25) is 0 Å². The van der Waals surface area contributed by atoms with E-state index in [9.17, 15) is 4.79 Å². The van der Waals surface area contributed by atoms with Gasteiger partial charge in [-0.15, -0.1) is 0 Å². The van der Waals surface area contributed by atoms with Crippen molar-refractivity contribution in [2.75, 3.05) is 6.61 Å². The maximum Gasteiger partial charge on any atom is 0.249 e. The number of amides is 1. The third kappa shape index (κ3) is 3.04. The molecule has 0 atom stereocenters. The van der Waals surface area contributed by atoms with Gasteiger partial charge < -0.3 is 15.0 Å². The number of rotatable bonds is 5. The van der Waals surface area contributed by atoms with Gasteiger partial charge in [-0.3, -0.25) is 4.79 Å². The van der Waals surface area contributed by atoms with E-state index in [1.54, 1.807) is 6.07 Å². The van der Waals surface area contributed by atoms with Crippen LogP contribution in [0.15, 0.2) is 60.7 Å². The van der Waals surface area contributed by atoms with E-state index in [-0.39, 0.29) is 0 Å². The van der Waals surface area contributed by atoms with Gasteiger partial charge in [0.05, 0.1) is 12.1 Å². The van der Waals surface area contributed by atoms with E-state index in [0.29, 0.717) is 18.7 Å². The molecule has 4 nitrogen and oxygen atoms in total. The molecule has 0 aliphatic carbocycles. The average molecular weight is 358 g/mol. The van der Waals surface area contributed by atoms with Crippen LogP contribution >= 0.6 is 0 Å². The van der Waals surface area contributed by atoms with Gasteiger partial charge in [-0.25, -0.2) is 0 Å². The first-order chi connectivity index (χ1) is 13.1. The Labute approximate surface area is 158 Å². The van der Waals surface area contributed by atoms with Crippen molar-refractivity contribution in [1.29, 1.82) is 0 Å². The van der Waals surface area contributed by atoms with Crippen LogP contribution in [-0.2, 0) is 6.54 Å². The zero-order chi connectivity index (χ0) is 19.0. The van der Waals surface area contributed by atoms with Crippen molar-refractivity contribution in [2.24, 2.45) is 5.73 Å². The van der Waals surface area contributed by atoms with Crippen LogP contribution in [0, 0.1) is 6.92 Å². The fourth-order valence-corrected chi connectivity index (χ4v) is 3.71. The fourth-order valence-electron chi connectivity index (χ4n) is 3.71. The van der Waals surface area contributed by atoms with E-state index in [0.717, 1.165) is 33.1 Å². The molecule has 0 radical (unpaired) electrons. The van der Waals surface area contributed by atoms with Crippen LogP contribution in [0.4, 0.5) is 0 Å². The maximum atomic E-state index is 12.0. The van der Waals surface area contributed by atoms with Crippen molar-refractivity contribution in [3.63, 3.8) is 0 Å². The number of hydrogen-bond acceptors (Lipinski definition) is 2. The molecule has 0 saturated carbocycles. The number of benzene rings is 3. The Balaban J connectivity index is 1.96. The minimum atomic E-state index is -0.404. The number of nitrogens with two attached hydrogens (primary N) is 1. The summed E-state index contributed by atoms with van der Waals surface area (Å²) in [6.07, 6.45) is 0. The lowest BCUT2D eigenvalue weighted by Gasteiger charge is -2.10. The highest BCUT2D eigenvalue weighted by Gasteiger charge is 2.16. The van der Waals surface area contributed by atoms with Crippen molar-refractivity contribution >= 4 is 27.7 Å². The van der Waals surface area contributed by atoms with E-state index in [1.165, 1.54) is 5.56 Å². The van der Waals surface area contributed by atoms with E-state index in [4.69, 9.17) is 10.5 Å².